The summed E-state index contributed by atoms with van der Waals surface area (Å²) in [6, 6.07) is 6.36. The van der Waals surface area contributed by atoms with Gasteiger partial charge >= 0.3 is 5.97 Å². The van der Waals surface area contributed by atoms with Crippen LogP contribution in [0.2, 0.25) is 0 Å². The summed E-state index contributed by atoms with van der Waals surface area (Å²) in [6.45, 7) is 6.47. The molecule has 1 atom stereocenters. The van der Waals surface area contributed by atoms with E-state index in [1.165, 1.54) is 0 Å². The third kappa shape index (κ3) is 8.30. The van der Waals surface area contributed by atoms with Crippen LogP contribution in [-0.4, -0.2) is 42.1 Å². The van der Waals surface area contributed by atoms with Crippen molar-refractivity contribution in [2.75, 3.05) is 18.5 Å². The van der Waals surface area contributed by atoms with E-state index in [9.17, 15) is 14.4 Å². The van der Waals surface area contributed by atoms with Crippen molar-refractivity contribution in [2.45, 2.75) is 39.7 Å². The molecule has 1 aromatic carbocycles. The number of aliphatic carboxylic acids is 1. The maximum absolute atomic E-state index is 12.0. The van der Waals surface area contributed by atoms with Crippen LogP contribution in [0.5, 0.6) is 0 Å². The summed E-state index contributed by atoms with van der Waals surface area (Å²) in [7, 11) is 0. The number of benzene rings is 1. The van der Waals surface area contributed by atoms with Gasteiger partial charge in [-0.2, -0.15) is 0 Å². The molecule has 0 radical (unpaired) electrons. The van der Waals surface area contributed by atoms with Gasteiger partial charge < -0.3 is 20.5 Å². The fraction of sp³-hybridized carbons (Fsp3) is 0.500. The van der Waals surface area contributed by atoms with Crippen molar-refractivity contribution < 1.29 is 24.2 Å². The van der Waals surface area contributed by atoms with E-state index < -0.39 is 12.1 Å². The van der Waals surface area contributed by atoms with Gasteiger partial charge in [0.15, 0.2) is 0 Å². The van der Waals surface area contributed by atoms with Crippen molar-refractivity contribution in [3.05, 3.63) is 29.8 Å². The lowest BCUT2D eigenvalue weighted by Gasteiger charge is -2.14. The lowest BCUT2D eigenvalue weighted by molar-refractivity contribution is -0.136. The van der Waals surface area contributed by atoms with E-state index in [1.807, 2.05) is 0 Å². The second kappa shape index (κ2) is 10.5. The molecule has 0 saturated carbocycles. The molecule has 0 saturated heterocycles. The van der Waals surface area contributed by atoms with Gasteiger partial charge in [0.2, 0.25) is 0 Å². The van der Waals surface area contributed by atoms with Crippen LogP contribution < -0.4 is 10.6 Å². The van der Waals surface area contributed by atoms with E-state index in [-0.39, 0.29) is 24.8 Å². The number of carbonyl (C=O) groups is 3. The largest absolute Gasteiger partial charge is 0.481 e. The van der Waals surface area contributed by atoms with Gasteiger partial charge in [-0.05, 0) is 43.5 Å². The third-order valence-electron chi connectivity index (χ3n) is 3.47. The smallest absolute Gasteiger partial charge is 0.305 e. The van der Waals surface area contributed by atoms with E-state index in [0.717, 1.165) is 6.42 Å². The molecule has 0 aliphatic carbocycles. The molecule has 0 aromatic heterocycles. The summed E-state index contributed by atoms with van der Waals surface area (Å²) >= 11 is 0. The van der Waals surface area contributed by atoms with Gasteiger partial charge in [-0.1, -0.05) is 13.8 Å². The maximum Gasteiger partial charge on any atom is 0.305 e. The number of ether oxygens (including phenoxy) is 1. The molecule has 1 aromatic rings. The van der Waals surface area contributed by atoms with Crippen molar-refractivity contribution in [2.24, 2.45) is 5.92 Å². The number of hydrogen-bond donors (Lipinski definition) is 3. The highest BCUT2D eigenvalue weighted by Gasteiger charge is 2.14. The number of carboxylic acids is 1. The Bertz CT molecular complexity index is 584. The highest BCUT2D eigenvalue weighted by Crippen LogP contribution is 2.11. The number of carbonyl (C=O) groups excluding carboxylic acids is 2. The molecule has 25 heavy (non-hydrogen) atoms. The highest BCUT2D eigenvalue weighted by molar-refractivity contribution is 5.96. The van der Waals surface area contributed by atoms with Gasteiger partial charge in [-0.3, -0.25) is 14.4 Å². The van der Waals surface area contributed by atoms with E-state index in [4.69, 9.17) is 9.84 Å². The molecule has 1 unspecified atom stereocenters. The zero-order valence-corrected chi connectivity index (χ0v) is 14.9. The average molecular weight is 350 g/mol. The van der Waals surface area contributed by atoms with E-state index >= 15 is 0 Å². The average Bonchev–Trinajstić information content (AvgIpc) is 2.54. The lowest BCUT2D eigenvalue weighted by Crippen LogP contribution is -2.28. The minimum absolute atomic E-state index is 0.0673. The summed E-state index contributed by atoms with van der Waals surface area (Å²) in [5, 5.41) is 13.8. The molecular formula is C18H26N2O5. The minimum Gasteiger partial charge on any atom is -0.481 e. The zero-order chi connectivity index (χ0) is 18.8. The Morgan fingerprint density at radius 3 is 2.32 bits per heavy atom. The van der Waals surface area contributed by atoms with Crippen molar-refractivity contribution in [1.29, 1.82) is 0 Å². The van der Waals surface area contributed by atoms with Crippen LogP contribution in [0.15, 0.2) is 24.3 Å². The Hall–Kier alpha value is -2.41. The standard InChI is InChI=1S/C18H26N2O5/c1-12(2)9-11-25-13(3)17(23)20-15-6-4-14(5-7-15)18(24)19-10-8-16(21)22/h4-7,12-13H,8-11H2,1-3H3,(H,19,24)(H,20,23)(H,21,22). The molecule has 7 nitrogen and oxygen atoms in total. The fourth-order valence-corrected chi connectivity index (χ4v) is 1.89. The topological polar surface area (TPSA) is 105 Å². The van der Waals surface area contributed by atoms with Crippen LogP contribution in [0.25, 0.3) is 0 Å². The Morgan fingerprint density at radius 2 is 1.76 bits per heavy atom. The van der Waals surface area contributed by atoms with E-state index in [0.29, 0.717) is 23.8 Å². The molecular weight excluding hydrogens is 324 g/mol. The molecule has 1 rings (SSSR count). The fourth-order valence-electron chi connectivity index (χ4n) is 1.89. The minimum atomic E-state index is -0.969. The van der Waals surface area contributed by atoms with Crippen LogP contribution >= 0.6 is 0 Å². The van der Waals surface area contributed by atoms with Gasteiger partial charge in [0, 0.05) is 24.4 Å². The molecule has 0 aliphatic rings. The first kappa shape index (κ1) is 20.6. The first-order valence-electron chi connectivity index (χ1n) is 8.32. The predicted molar refractivity (Wildman–Crippen MR) is 94.5 cm³/mol. The summed E-state index contributed by atoms with van der Waals surface area (Å²) in [4.78, 5) is 34.3. The molecule has 0 bridgehead atoms. The number of amides is 2. The quantitative estimate of drug-likeness (QED) is 0.600. The van der Waals surface area contributed by atoms with Crippen LogP contribution in [0.3, 0.4) is 0 Å². The molecule has 0 fully saturated rings. The van der Waals surface area contributed by atoms with E-state index in [1.54, 1.807) is 31.2 Å². The second-order valence-electron chi connectivity index (χ2n) is 6.16. The number of carboxylic acid groups (broad SMARTS) is 1. The summed E-state index contributed by atoms with van der Waals surface area (Å²) in [6.07, 6.45) is 0.204. The molecule has 138 valence electrons. The van der Waals surface area contributed by atoms with E-state index in [2.05, 4.69) is 24.5 Å². The van der Waals surface area contributed by atoms with Crippen LogP contribution in [0, 0.1) is 5.92 Å². The van der Waals surface area contributed by atoms with Crippen LogP contribution in [-0.2, 0) is 14.3 Å². The van der Waals surface area contributed by atoms with Crippen molar-refractivity contribution in [1.82, 2.24) is 5.32 Å². The van der Waals surface area contributed by atoms with Crippen molar-refractivity contribution in [3.8, 4) is 0 Å². The maximum atomic E-state index is 12.0. The van der Waals surface area contributed by atoms with Crippen molar-refractivity contribution in [3.63, 3.8) is 0 Å². The van der Waals surface area contributed by atoms with Crippen LogP contribution in [0.4, 0.5) is 5.69 Å². The molecule has 0 aliphatic heterocycles. The van der Waals surface area contributed by atoms with Gasteiger partial charge in [0.1, 0.15) is 6.10 Å². The Balaban J connectivity index is 2.46. The SMILES string of the molecule is CC(C)CCOC(C)C(=O)Nc1ccc(C(=O)NCCC(=O)O)cc1. The molecule has 7 heteroatoms. The molecule has 0 spiro atoms. The highest BCUT2D eigenvalue weighted by atomic mass is 16.5. The lowest BCUT2D eigenvalue weighted by atomic mass is 10.1. The Labute approximate surface area is 147 Å². The summed E-state index contributed by atoms with van der Waals surface area (Å²) in [5.74, 6) is -1.06. The third-order valence-corrected chi connectivity index (χ3v) is 3.47. The number of hydrogen-bond acceptors (Lipinski definition) is 4. The zero-order valence-electron chi connectivity index (χ0n) is 14.9. The molecule has 3 N–H and O–H groups in total. The van der Waals surface area contributed by atoms with Gasteiger partial charge in [0.25, 0.3) is 11.8 Å². The van der Waals surface area contributed by atoms with Gasteiger partial charge in [0.05, 0.1) is 6.42 Å². The first-order valence-corrected chi connectivity index (χ1v) is 8.32. The predicted octanol–water partition coefficient (Wildman–Crippen LogP) is 2.28. The second-order valence-corrected chi connectivity index (χ2v) is 6.16. The summed E-state index contributed by atoms with van der Waals surface area (Å²) in [5.41, 5.74) is 0.955. The summed E-state index contributed by atoms with van der Waals surface area (Å²) < 4.78 is 5.49. The number of anilines is 1. The number of rotatable bonds is 10. The molecule has 2 amide bonds. The first-order chi connectivity index (χ1) is 11.8. The Morgan fingerprint density at radius 1 is 1.12 bits per heavy atom. The Kier molecular flexibility index (Phi) is 8.63. The van der Waals surface area contributed by atoms with Gasteiger partial charge in [-0.15, -0.1) is 0 Å². The van der Waals surface area contributed by atoms with Crippen LogP contribution in [0.1, 0.15) is 44.0 Å². The normalized spacial score (nSPS) is 11.8. The molecule has 0 heterocycles. The monoisotopic (exact) mass is 350 g/mol. The van der Waals surface area contributed by atoms with Crippen molar-refractivity contribution >= 4 is 23.5 Å². The number of nitrogens with one attached hydrogen (secondary N) is 2. The van der Waals surface area contributed by atoms with Gasteiger partial charge in [-0.25, -0.2) is 0 Å².